The summed E-state index contributed by atoms with van der Waals surface area (Å²) in [6.45, 7) is 2.16. The number of rotatable bonds is 6. The Balaban J connectivity index is 3.13. The van der Waals surface area contributed by atoms with Crippen LogP contribution >= 0.6 is 15.9 Å². The molecule has 0 aliphatic carbocycles. The molecule has 1 aromatic rings. The number of hydrogen-bond donors (Lipinski definition) is 2. The zero-order chi connectivity index (χ0) is 13.8. The van der Waals surface area contributed by atoms with Crippen molar-refractivity contribution >= 4 is 31.6 Å². The number of anilines is 1. The molecule has 102 valence electrons. The van der Waals surface area contributed by atoms with Crippen LogP contribution in [0.25, 0.3) is 0 Å². The van der Waals surface area contributed by atoms with Crippen LogP contribution in [0.3, 0.4) is 0 Å². The first-order valence-electron chi connectivity index (χ1n) is 5.59. The van der Waals surface area contributed by atoms with Crippen LogP contribution in [0.1, 0.15) is 13.3 Å². The van der Waals surface area contributed by atoms with Gasteiger partial charge >= 0.3 is 0 Å². The van der Waals surface area contributed by atoms with Crippen molar-refractivity contribution in [2.24, 2.45) is 0 Å². The summed E-state index contributed by atoms with van der Waals surface area (Å²) in [5, 5.41) is 8.94. The highest BCUT2D eigenvalue weighted by molar-refractivity contribution is 9.10. The van der Waals surface area contributed by atoms with E-state index < -0.39 is 10.0 Å². The zero-order valence-corrected chi connectivity index (χ0v) is 12.5. The van der Waals surface area contributed by atoms with Gasteiger partial charge in [-0.25, -0.2) is 8.42 Å². The lowest BCUT2D eigenvalue weighted by Crippen LogP contribution is -2.34. The number of aliphatic hydroxyl groups is 1. The van der Waals surface area contributed by atoms with Crippen LogP contribution in [-0.4, -0.2) is 37.5 Å². The summed E-state index contributed by atoms with van der Waals surface area (Å²) in [5.74, 6) is 0. The van der Waals surface area contributed by atoms with Gasteiger partial charge in [0.05, 0.1) is 11.5 Å². The lowest BCUT2D eigenvalue weighted by molar-refractivity contribution is 0.253. The molecule has 1 rings (SSSR count). The van der Waals surface area contributed by atoms with E-state index in [9.17, 15) is 8.42 Å². The lowest BCUT2D eigenvalue weighted by Gasteiger charge is -2.20. The maximum Gasteiger partial charge on any atom is 0.243 e. The standard InChI is InChI=1S/C11H17BrN2O3S/c1-2-5-14(6-7-15)18(16,17)9-3-4-11(13)10(12)8-9/h3-4,8,15H,2,5-7,13H2,1H3. The molecular weight excluding hydrogens is 320 g/mol. The highest BCUT2D eigenvalue weighted by atomic mass is 79.9. The minimum atomic E-state index is -3.58. The molecule has 0 aliphatic heterocycles. The first-order chi connectivity index (χ1) is 8.43. The monoisotopic (exact) mass is 336 g/mol. The molecule has 0 aromatic heterocycles. The minimum absolute atomic E-state index is 0.0954. The second-order valence-corrected chi connectivity index (χ2v) is 6.60. The van der Waals surface area contributed by atoms with E-state index >= 15 is 0 Å². The van der Waals surface area contributed by atoms with Gasteiger partial charge in [-0.1, -0.05) is 6.92 Å². The number of nitrogens with two attached hydrogens (primary N) is 1. The molecule has 0 spiro atoms. The Morgan fingerprint density at radius 2 is 2.06 bits per heavy atom. The molecular formula is C11H17BrN2O3S. The van der Waals surface area contributed by atoms with Crippen molar-refractivity contribution in [3.63, 3.8) is 0 Å². The molecule has 3 N–H and O–H groups in total. The van der Waals surface area contributed by atoms with E-state index in [4.69, 9.17) is 10.8 Å². The van der Waals surface area contributed by atoms with Gasteiger partial charge in [-0.05, 0) is 40.5 Å². The molecule has 0 atom stereocenters. The van der Waals surface area contributed by atoms with Gasteiger partial charge in [-0.15, -0.1) is 0 Å². The van der Waals surface area contributed by atoms with Crippen molar-refractivity contribution in [1.82, 2.24) is 4.31 Å². The van der Waals surface area contributed by atoms with Gasteiger partial charge in [0.25, 0.3) is 0 Å². The summed E-state index contributed by atoms with van der Waals surface area (Å²) in [7, 11) is -3.58. The second kappa shape index (κ2) is 6.51. The van der Waals surface area contributed by atoms with Crippen LogP contribution < -0.4 is 5.73 Å². The Bertz CT molecular complexity index is 499. The van der Waals surface area contributed by atoms with Gasteiger partial charge in [-0.2, -0.15) is 4.31 Å². The van der Waals surface area contributed by atoms with E-state index in [-0.39, 0.29) is 18.0 Å². The van der Waals surface area contributed by atoms with E-state index in [1.165, 1.54) is 16.4 Å². The Kier molecular flexibility index (Phi) is 5.58. The largest absolute Gasteiger partial charge is 0.398 e. The van der Waals surface area contributed by atoms with Crippen molar-refractivity contribution in [3.8, 4) is 0 Å². The molecule has 0 bridgehead atoms. The summed E-state index contributed by atoms with van der Waals surface area (Å²) in [4.78, 5) is 0.172. The quantitative estimate of drug-likeness (QED) is 0.769. The number of hydrogen-bond acceptors (Lipinski definition) is 4. The Morgan fingerprint density at radius 1 is 1.39 bits per heavy atom. The second-order valence-electron chi connectivity index (χ2n) is 3.81. The van der Waals surface area contributed by atoms with Crippen molar-refractivity contribution in [3.05, 3.63) is 22.7 Å². The molecule has 5 nitrogen and oxygen atoms in total. The summed E-state index contributed by atoms with van der Waals surface area (Å²) in [6.07, 6.45) is 0.690. The van der Waals surface area contributed by atoms with Crippen LogP contribution in [-0.2, 0) is 10.0 Å². The molecule has 0 aliphatic rings. The maximum absolute atomic E-state index is 12.3. The van der Waals surface area contributed by atoms with E-state index in [0.717, 1.165) is 0 Å². The number of benzene rings is 1. The molecule has 0 unspecified atom stereocenters. The smallest absolute Gasteiger partial charge is 0.243 e. The van der Waals surface area contributed by atoms with Gasteiger partial charge < -0.3 is 10.8 Å². The summed E-state index contributed by atoms with van der Waals surface area (Å²) in [5.41, 5.74) is 6.11. The third kappa shape index (κ3) is 3.44. The topological polar surface area (TPSA) is 83.6 Å². The molecule has 18 heavy (non-hydrogen) atoms. The maximum atomic E-state index is 12.3. The summed E-state index contributed by atoms with van der Waals surface area (Å²) < 4.78 is 26.5. The minimum Gasteiger partial charge on any atom is -0.398 e. The van der Waals surface area contributed by atoms with Crippen LogP contribution in [0.15, 0.2) is 27.6 Å². The van der Waals surface area contributed by atoms with Gasteiger partial charge in [0, 0.05) is 23.2 Å². The number of halogens is 1. The van der Waals surface area contributed by atoms with Crippen LogP contribution in [0.2, 0.25) is 0 Å². The molecule has 0 amide bonds. The number of nitrogens with zero attached hydrogens (tertiary/aromatic N) is 1. The SMILES string of the molecule is CCCN(CCO)S(=O)(=O)c1ccc(N)c(Br)c1. The van der Waals surface area contributed by atoms with Gasteiger partial charge in [0.2, 0.25) is 10.0 Å². The Hall–Kier alpha value is -0.630. The Labute approximate surface area is 116 Å². The molecule has 0 heterocycles. The van der Waals surface area contributed by atoms with Crippen molar-refractivity contribution in [2.75, 3.05) is 25.4 Å². The normalized spacial score (nSPS) is 12.0. The Morgan fingerprint density at radius 3 is 2.56 bits per heavy atom. The lowest BCUT2D eigenvalue weighted by atomic mass is 10.3. The first kappa shape index (κ1) is 15.4. The van der Waals surface area contributed by atoms with E-state index in [1.54, 1.807) is 6.07 Å². The van der Waals surface area contributed by atoms with Crippen LogP contribution in [0.4, 0.5) is 5.69 Å². The average Bonchev–Trinajstić information content (AvgIpc) is 2.32. The predicted octanol–water partition coefficient (Wildman–Crippen LogP) is 1.42. The molecule has 0 radical (unpaired) electrons. The van der Waals surface area contributed by atoms with Gasteiger partial charge in [-0.3, -0.25) is 0 Å². The highest BCUT2D eigenvalue weighted by Gasteiger charge is 2.23. The van der Waals surface area contributed by atoms with Crippen molar-refractivity contribution < 1.29 is 13.5 Å². The van der Waals surface area contributed by atoms with E-state index in [2.05, 4.69) is 15.9 Å². The van der Waals surface area contributed by atoms with Crippen LogP contribution in [0.5, 0.6) is 0 Å². The highest BCUT2D eigenvalue weighted by Crippen LogP contribution is 2.25. The fourth-order valence-electron chi connectivity index (χ4n) is 1.53. The number of sulfonamides is 1. The summed E-state index contributed by atoms with van der Waals surface area (Å²) >= 11 is 3.21. The van der Waals surface area contributed by atoms with E-state index in [1.807, 2.05) is 6.92 Å². The third-order valence-electron chi connectivity index (χ3n) is 2.43. The number of aliphatic hydroxyl groups excluding tert-OH is 1. The molecule has 0 saturated heterocycles. The molecule has 1 aromatic carbocycles. The van der Waals surface area contributed by atoms with Gasteiger partial charge in [0.1, 0.15) is 0 Å². The average molecular weight is 337 g/mol. The van der Waals surface area contributed by atoms with Crippen LogP contribution in [0, 0.1) is 0 Å². The predicted molar refractivity (Wildman–Crippen MR) is 74.7 cm³/mol. The molecule has 0 saturated carbocycles. The molecule has 0 fully saturated rings. The molecule has 7 heteroatoms. The van der Waals surface area contributed by atoms with Crippen molar-refractivity contribution in [1.29, 1.82) is 0 Å². The third-order valence-corrected chi connectivity index (χ3v) is 5.01. The van der Waals surface area contributed by atoms with Crippen molar-refractivity contribution in [2.45, 2.75) is 18.2 Å². The van der Waals surface area contributed by atoms with Gasteiger partial charge in [0.15, 0.2) is 0 Å². The fraction of sp³-hybridized carbons (Fsp3) is 0.455. The number of nitrogen functional groups attached to an aromatic ring is 1. The van der Waals surface area contributed by atoms with E-state index in [0.29, 0.717) is 23.1 Å². The fourth-order valence-corrected chi connectivity index (χ4v) is 3.61. The summed E-state index contributed by atoms with van der Waals surface area (Å²) in [6, 6.07) is 4.49. The zero-order valence-electron chi connectivity index (χ0n) is 10.1. The first-order valence-corrected chi connectivity index (χ1v) is 7.82.